The van der Waals surface area contributed by atoms with Gasteiger partial charge in [0, 0.05) is 48.6 Å². The fourth-order valence-corrected chi connectivity index (χ4v) is 4.01. The van der Waals surface area contributed by atoms with Crippen LogP contribution in [-0.4, -0.2) is 48.3 Å². The number of aromatic nitrogens is 6. The van der Waals surface area contributed by atoms with Gasteiger partial charge in [0.15, 0.2) is 5.65 Å². The number of anilines is 1. The van der Waals surface area contributed by atoms with E-state index >= 15 is 0 Å². The molecule has 0 bridgehead atoms. The molecule has 0 atom stereocenters. The minimum absolute atomic E-state index is 0.391. The van der Waals surface area contributed by atoms with Crippen molar-refractivity contribution in [3.05, 3.63) is 43.1 Å². The van der Waals surface area contributed by atoms with Crippen molar-refractivity contribution < 1.29 is 4.74 Å². The smallest absolute Gasteiger partial charge is 0.241 e. The van der Waals surface area contributed by atoms with Crippen molar-refractivity contribution in [1.82, 2.24) is 29.5 Å². The first kappa shape index (κ1) is 17.9. The highest BCUT2D eigenvalue weighted by Gasteiger charge is 2.22. The molecule has 0 radical (unpaired) electrons. The predicted octanol–water partition coefficient (Wildman–Crippen LogP) is 3.49. The number of hydrogen-bond acceptors (Lipinski definition) is 7. The molecule has 4 aromatic rings. The third-order valence-corrected chi connectivity index (χ3v) is 5.46. The third-order valence-electron chi connectivity index (χ3n) is 5.46. The van der Waals surface area contributed by atoms with Crippen molar-refractivity contribution >= 4 is 22.6 Å². The van der Waals surface area contributed by atoms with Gasteiger partial charge in [-0.05, 0) is 44.7 Å². The van der Waals surface area contributed by atoms with E-state index in [0.29, 0.717) is 23.7 Å². The summed E-state index contributed by atoms with van der Waals surface area (Å²) in [6, 6.07) is 4.41. The summed E-state index contributed by atoms with van der Waals surface area (Å²) >= 11 is 0. The number of hydrogen-bond donors (Lipinski definition) is 1. The largest absolute Gasteiger partial charge is 0.379 e. The second kappa shape index (κ2) is 7.71. The van der Waals surface area contributed by atoms with Crippen LogP contribution in [0.1, 0.15) is 32.6 Å². The average molecular weight is 389 g/mol. The van der Waals surface area contributed by atoms with Crippen LogP contribution < -0.4 is 5.32 Å². The topological polar surface area (TPSA) is 90.1 Å². The van der Waals surface area contributed by atoms with Crippen molar-refractivity contribution in [1.29, 1.82) is 0 Å². The summed E-state index contributed by atoms with van der Waals surface area (Å²) in [4.78, 5) is 17.5. The van der Waals surface area contributed by atoms with Gasteiger partial charge in [-0.1, -0.05) is 0 Å². The molecule has 8 nitrogen and oxygen atoms in total. The van der Waals surface area contributed by atoms with E-state index in [2.05, 4.69) is 37.3 Å². The molecular weight excluding hydrogens is 366 g/mol. The zero-order valence-corrected chi connectivity index (χ0v) is 16.3. The Kier molecular flexibility index (Phi) is 4.77. The molecule has 1 aliphatic carbocycles. The molecule has 29 heavy (non-hydrogen) atoms. The maximum absolute atomic E-state index is 5.73. The summed E-state index contributed by atoms with van der Waals surface area (Å²) in [6.45, 7) is 2.85. The van der Waals surface area contributed by atoms with Crippen LogP contribution in [0.15, 0.2) is 43.1 Å². The Balaban J connectivity index is 1.36. The van der Waals surface area contributed by atoms with E-state index in [4.69, 9.17) is 4.74 Å². The summed E-state index contributed by atoms with van der Waals surface area (Å²) in [6.07, 6.45) is 13.7. The molecule has 4 aromatic heterocycles. The molecule has 8 heteroatoms. The minimum Gasteiger partial charge on any atom is -0.379 e. The first-order valence-corrected chi connectivity index (χ1v) is 10.1. The summed E-state index contributed by atoms with van der Waals surface area (Å²) < 4.78 is 7.59. The second-order valence-corrected chi connectivity index (χ2v) is 7.34. The summed E-state index contributed by atoms with van der Waals surface area (Å²) in [5, 5.41) is 8.13. The Labute approximate surface area is 168 Å². The van der Waals surface area contributed by atoms with Gasteiger partial charge in [-0.25, -0.2) is 19.5 Å². The minimum atomic E-state index is 0.391. The molecule has 0 amide bonds. The second-order valence-electron chi connectivity index (χ2n) is 7.34. The van der Waals surface area contributed by atoms with Crippen LogP contribution in [0, 0.1) is 0 Å². The highest BCUT2D eigenvalue weighted by molar-refractivity contribution is 5.84. The van der Waals surface area contributed by atoms with Crippen LogP contribution in [0.3, 0.4) is 0 Å². The lowest BCUT2D eigenvalue weighted by atomic mass is 9.93. The van der Waals surface area contributed by atoms with Gasteiger partial charge in [-0.3, -0.25) is 4.98 Å². The maximum Gasteiger partial charge on any atom is 0.241 e. The fourth-order valence-electron chi connectivity index (χ4n) is 4.01. The van der Waals surface area contributed by atoms with Crippen LogP contribution in [-0.2, 0) is 4.74 Å². The zero-order valence-electron chi connectivity index (χ0n) is 16.3. The van der Waals surface area contributed by atoms with Crippen molar-refractivity contribution in [3.63, 3.8) is 0 Å². The van der Waals surface area contributed by atoms with Crippen molar-refractivity contribution in [2.24, 2.45) is 0 Å². The van der Waals surface area contributed by atoms with E-state index in [1.807, 2.05) is 35.2 Å². The van der Waals surface area contributed by atoms with Gasteiger partial charge in [0.2, 0.25) is 5.95 Å². The molecule has 4 heterocycles. The van der Waals surface area contributed by atoms with Gasteiger partial charge in [0.05, 0.1) is 17.8 Å². The summed E-state index contributed by atoms with van der Waals surface area (Å²) in [7, 11) is 0. The Morgan fingerprint density at radius 3 is 2.79 bits per heavy atom. The number of rotatable bonds is 5. The van der Waals surface area contributed by atoms with E-state index < -0.39 is 0 Å². The van der Waals surface area contributed by atoms with Gasteiger partial charge in [-0.2, -0.15) is 0 Å². The van der Waals surface area contributed by atoms with Gasteiger partial charge in [0.25, 0.3) is 0 Å². The third kappa shape index (κ3) is 3.63. The SMILES string of the molecule is CCOC1CCC(Nc2ncc3c(-c4cnc5nccnc5c4)ccn3n2)CC1. The molecule has 0 aliphatic heterocycles. The molecule has 0 aromatic carbocycles. The van der Waals surface area contributed by atoms with Crippen molar-refractivity contribution in [3.8, 4) is 11.1 Å². The molecule has 1 saturated carbocycles. The molecule has 0 saturated heterocycles. The molecule has 0 spiro atoms. The normalized spacial score (nSPS) is 19.6. The Morgan fingerprint density at radius 1 is 1.07 bits per heavy atom. The highest BCUT2D eigenvalue weighted by atomic mass is 16.5. The Hall–Kier alpha value is -3.13. The summed E-state index contributed by atoms with van der Waals surface area (Å²) in [5.41, 5.74) is 4.33. The summed E-state index contributed by atoms with van der Waals surface area (Å²) in [5.74, 6) is 0.655. The molecule has 1 fully saturated rings. The lowest BCUT2D eigenvalue weighted by Gasteiger charge is -2.28. The van der Waals surface area contributed by atoms with Crippen LogP contribution >= 0.6 is 0 Å². The number of fused-ring (bicyclic) bond motifs is 2. The van der Waals surface area contributed by atoms with Gasteiger partial charge in [-0.15, -0.1) is 5.10 Å². The fraction of sp³-hybridized carbons (Fsp3) is 0.381. The number of ether oxygens (including phenoxy) is 1. The maximum atomic E-state index is 5.73. The van der Waals surface area contributed by atoms with Crippen LogP contribution in [0.5, 0.6) is 0 Å². The molecular formula is C21H23N7O. The Morgan fingerprint density at radius 2 is 1.93 bits per heavy atom. The van der Waals surface area contributed by atoms with E-state index in [1.165, 1.54) is 0 Å². The van der Waals surface area contributed by atoms with Crippen LogP contribution in [0.2, 0.25) is 0 Å². The quantitative estimate of drug-likeness (QED) is 0.559. The highest BCUT2D eigenvalue weighted by Crippen LogP contribution is 2.27. The molecule has 5 rings (SSSR count). The van der Waals surface area contributed by atoms with E-state index in [-0.39, 0.29) is 0 Å². The molecule has 1 aliphatic rings. The average Bonchev–Trinajstić information content (AvgIpc) is 3.18. The lowest BCUT2D eigenvalue weighted by molar-refractivity contribution is 0.0346. The first-order chi connectivity index (χ1) is 14.3. The van der Waals surface area contributed by atoms with Gasteiger partial charge < -0.3 is 10.1 Å². The monoisotopic (exact) mass is 389 g/mol. The van der Waals surface area contributed by atoms with Crippen LogP contribution in [0.25, 0.3) is 27.8 Å². The Bertz CT molecular complexity index is 1130. The molecule has 0 unspecified atom stereocenters. The van der Waals surface area contributed by atoms with Gasteiger partial charge >= 0.3 is 0 Å². The lowest BCUT2D eigenvalue weighted by Crippen LogP contribution is -2.30. The van der Waals surface area contributed by atoms with Crippen LogP contribution in [0.4, 0.5) is 5.95 Å². The number of pyridine rings is 1. The van der Waals surface area contributed by atoms with Crippen molar-refractivity contribution in [2.75, 3.05) is 11.9 Å². The van der Waals surface area contributed by atoms with E-state index in [1.54, 1.807) is 12.4 Å². The van der Waals surface area contributed by atoms with Gasteiger partial charge in [0.1, 0.15) is 5.52 Å². The van der Waals surface area contributed by atoms with E-state index in [9.17, 15) is 0 Å². The van der Waals surface area contributed by atoms with E-state index in [0.717, 1.165) is 54.5 Å². The first-order valence-electron chi connectivity index (χ1n) is 10.1. The molecule has 1 N–H and O–H groups in total. The number of nitrogens with one attached hydrogen (secondary N) is 1. The predicted molar refractivity (Wildman–Crippen MR) is 111 cm³/mol. The molecule has 148 valence electrons. The standard InChI is InChI=1S/C21H23N7O/c1-2-29-16-5-3-15(4-6-16)26-21-25-13-19-17(7-10-28(19)27-21)14-11-18-20(24-12-14)23-9-8-22-18/h7-13,15-16H,2-6H2,1H3,(H,26,27). The zero-order chi connectivity index (χ0) is 19.6. The number of nitrogens with zero attached hydrogens (tertiary/aromatic N) is 6. The van der Waals surface area contributed by atoms with Crippen molar-refractivity contribution in [2.45, 2.75) is 44.8 Å².